The number of hydrogen-bond donors (Lipinski definition) is 0. The Labute approximate surface area is 475 Å². The van der Waals surface area contributed by atoms with Gasteiger partial charge < -0.3 is 8.83 Å². The summed E-state index contributed by atoms with van der Waals surface area (Å²) < 4.78 is 14.8. The molecule has 0 amide bonds. The number of aromatic nitrogens is 2. The number of unbranched alkanes of at least 4 members (excludes halogenated alkanes) is 15. The molecule has 0 aliphatic rings. The Bertz CT molecular complexity index is 4590. The van der Waals surface area contributed by atoms with E-state index >= 15 is 0 Å². The number of fused-ring (bicyclic) bond motifs is 4. The quantitative estimate of drug-likeness (QED) is 0.0402. The zero-order valence-electron chi connectivity index (χ0n) is 47.5. The topological polar surface area (TPSA) is 200 Å². The minimum absolute atomic E-state index is 0.0512. The minimum Gasteiger partial charge on any atom is -0.455 e. The van der Waals surface area contributed by atoms with Crippen LogP contribution in [0.1, 0.15) is 183 Å². The van der Waals surface area contributed by atoms with Crippen molar-refractivity contribution in [2.45, 2.75) is 156 Å². The summed E-state index contributed by atoms with van der Waals surface area (Å²) in [5, 5.41) is 45.9. The lowest BCUT2D eigenvalue weighted by Gasteiger charge is -2.22. The first kappa shape index (κ1) is 56.2. The van der Waals surface area contributed by atoms with E-state index in [1.807, 2.05) is 82.3 Å². The van der Waals surface area contributed by atoms with Gasteiger partial charge in [-0.15, -0.1) is 0 Å². The number of nitriles is 4. The predicted octanol–water partition coefficient (Wildman–Crippen LogP) is 16.7. The Morgan fingerprint density at radius 2 is 0.756 bits per heavy atom. The summed E-state index contributed by atoms with van der Waals surface area (Å²) in [6.07, 6.45) is 20.1. The fourth-order valence-electron chi connectivity index (χ4n) is 12.5. The van der Waals surface area contributed by atoms with Crippen LogP contribution >= 0.6 is 0 Å². The van der Waals surface area contributed by atoms with Gasteiger partial charge in [-0.2, -0.15) is 21.0 Å². The van der Waals surface area contributed by atoms with E-state index in [0.29, 0.717) is 88.4 Å². The number of pyridine rings is 2. The molecule has 11 rings (SSSR count). The zero-order chi connectivity index (χ0) is 57.8. The molecule has 0 fully saturated rings. The van der Waals surface area contributed by atoms with Crippen LogP contribution in [0.3, 0.4) is 0 Å². The molecule has 412 valence electrons. The van der Waals surface area contributed by atoms with Crippen LogP contribution in [0.25, 0.3) is 92.7 Å². The third-order valence-corrected chi connectivity index (χ3v) is 16.6. The van der Waals surface area contributed by atoms with Crippen LogP contribution in [-0.4, -0.2) is 9.13 Å². The monoisotopic (exact) mass is 1090 g/mol. The summed E-state index contributed by atoms with van der Waals surface area (Å²) in [6, 6.07) is 35.5. The molecule has 0 saturated heterocycles. The molecule has 0 aliphatic carbocycles. The smallest absolute Gasteiger partial charge is 0.266 e. The first-order chi connectivity index (χ1) is 39.9. The van der Waals surface area contributed by atoms with Crippen molar-refractivity contribution < 1.29 is 8.83 Å². The Hall–Kier alpha value is -9.10. The summed E-state index contributed by atoms with van der Waals surface area (Å²) in [4.78, 5) is 55.9. The third kappa shape index (κ3) is 10.1. The molecule has 4 aromatic heterocycles. The third-order valence-electron chi connectivity index (χ3n) is 16.6. The van der Waals surface area contributed by atoms with E-state index in [-0.39, 0.29) is 56.0 Å². The largest absolute Gasteiger partial charge is 0.455 e. The van der Waals surface area contributed by atoms with Gasteiger partial charge in [0.25, 0.3) is 22.2 Å². The Kier molecular flexibility index (Phi) is 16.7. The highest BCUT2D eigenvalue weighted by molar-refractivity contribution is 6.30. The highest BCUT2D eigenvalue weighted by Gasteiger charge is 2.28. The van der Waals surface area contributed by atoms with Crippen LogP contribution < -0.4 is 22.2 Å². The van der Waals surface area contributed by atoms with Crippen LogP contribution in [0.2, 0.25) is 0 Å². The van der Waals surface area contributed by atoms with Gasteiger partial charge >= 0.3 is 0 Å². The summed E-state index contributed by atoms with van der Waals surface area (Å²) in [5.41, 5.74) is 3.19. The maximum absolute atomic E-state index is 14.3. The van der Waals surface area contributed by atoms with E-state index in [2.05, 4.69) is 31.2 Å². The van der Waals surface area contributed by atoms with Gasteiger partial charge in [0.15, 0.2) is 11.2 Å². The molecule has 0 atom stereocenters. The van der Waals surface area contributed by atoms with Crippen molar-refractivity contribution in [1.82, 2.24) is 9.13 Å². The highest BCUT2D eigenvalue weighted by Crippen LogP contribution is 2.43. The van der Waals surface area contributed by atoms with Gasteiger partial charge in [0.05, 0.1) is 61.6 Å². The Morgan fingerprint density at radius 3 is 1.13 bits per heavy atom. The molecule has 0 saturated carbocycles. The second-order valence-corrected chi connectivity index (χ2v) is 22.5. The maximum atomic E-state index is 14.3. The van der Waals surface area contributed by atoms with Gasteiger partial charge in [-0.05, 0) is 65.8 Å². The lowest BCUT2D eigenvalue weighted by Crippen LogP contribution is -2.34. The SMILES string of the molecule is CC(C)c1cccc(C(C)C)c1-n1c(=O)c2cc(C#N)c3oc4ccccc4c4c(C#N)cc(c1=O)c2c34.CCCCCCCCCCCCCCCCCCn1c(=O)c2cc(C#N)c3oc4ccccc4c4c(C#N)cc(c1=O)c2c34. The van der Waals surface area contributed by atoms with E-state index in [9.17, 15) is 40.2 Å². The van der Waals surface area contributed by atoms with Gasteiger partial charge in [-0.1, -0.05) is 186 Å². The average molecular weight is 1090 g/mol. The van der Waals surface area contributed by atoms with Crippen molar-refractivity contribution in [3.05, 3.63) is 166 Å². The van der Waals surface area contributed by atoms with E-state index < -0.39 is 11.1 Å². The molecule has 82 heavy (non-hydrogen) atoms. The summed E-state index contributed by atoms with van der Waals surface area (Å²) >= 11 is 0. The van der Waals surface area contributed by atoms with Crippen molar-refractivity contribution in [2.75, 3.05) is 0 Å². The van der Waals surface area contributed by atoms with E-state index in [0.717, 1.165) is 30.4 Å². The summed E-state index contributed by atoms with van der Waals surface area (Å²) in [7, 11) is 0. The van der Waals surface area contributed by atoms with E-state index in [1.165, 1.54) is 98.7 Å². The van der Waals surface area contributed by atoms with Crippen LogP contribution in [0, 0.1) is 45.3 Å². The second kappa shape index (κ2) is 24.3. The van der Waals surface area contributed by atoms with E-state index in [4.69, 9.17) is 8.83 Å². The fourth-order valence-corrected chi connectivity index (χ4v) is 12.5. The van der Waals surface area contributed by atoms with Gasteiger partial charge in [0.2, 0.25) is 0 Å². The van der Waals surface area contributed by atoms with Crippen LogP contribution in [0.5, 0.6) is 0 Å². The van der Waals surface area contributed by atoms with Gasteiger partial charge in [0.1, 0.15) is 23.3 Å². The molecule has 4 heterocycles. The van der Waals surface area contributed by atoms with Crippen LogP contribution in [0.15, 0.2) is 119 Å². The molecule has 0 N–H and O–H groups in total. The van der Waals surface area contributed by atoms with E-state index in [1.54, 1.807) is 30.3 Å². The molecule has 11 aromatic rings. The molecule has 12 nitrogen and oxygen atoms in total. The number of para-hydroxylation sites is 3. The Balaban J connectivity index is 0.000000185. The maximum Gasteiger partial charge on any atom is 0.266 e. The predicted molar refractivity (Wildman–Crippen MR) is 329 cm³/mol. The standard InChI is InChI=1S/C38H43N3O3.C32H23N3O3/c1-2-3-4-5-6-7-8-9-10-11-12-13-14-15-16-19-22-41-37(42)30-23-27(25-39)33-29-20-17-18-21-32(29)44-36-28(26-40)24-31(38(41)43)34(30)35(33)36;1-16(2)20-9-7-10-21(17(3)4)29(20)35-31(36)23-12-18(14-33)26-22-8-5-6-11-25(22)38-30-19(15-34)13-24(32(35)37)27(23)28(26)30/h17-18,20-21,23-24H,2-16,19,22H2,1H3;5-13,16-17H,1-4H3. The molecular weight excluding hydrogens is 1020 g/mol. The summed E-state index contributed by atoms with van der Waals surface area (Å²) in [5.74, 6) is 0.102. The van der Waals surface area contributed by atoms with Gasteiger partial charge in [0, 0.05) is 49.6 Å². The van der Waals surface area contributed by atoms with Crippen molar-refractivity contribution in [3.63, 3.8) is 0 Å². The average Bonchev–Trinajstić information content (AvgIpc) is 3.24. The molecule has 0 spiro atoms. The molecule has 0 radical (unpaired) electrons. The first-order valence-electron chi connectivity index (χ1n) is 29.3. The number of rotatable bonds is 20. The zero-order valence-corrected chi connectivity index (χ0v) is 47.5. The number of hydrogen-bond acceptors (Lipinski definition) is 10. The van der Waals surface area contributed by atoms with Crippen LogP contribution in [0.4, 0.5) is 0 Å². The van der Waals surface area contributed by atoms with Gasteiger partial charge in [-0.25, -0.2) is 4.57 Å². The lowest BCUT2D eigenvalue weighted by atomic mass is 9.90. The minimum atomic E-state index is -0.491. The molecule has 12 heteroatoms. The van der Waals surface area contributed by atoms with Gasteiger partial charge in [-0.3, -0.25) is 23.7 Å². The highest BCUT2D eigenvalue weighted by atomic mass is 16.3. The fraction of sp³-hybridized carbons (Fsp3) is 0.343. The molecule has 7 aromatic carbocycles. The number of benzene rings is 7. The molecule has 0 unspecified atom stereocenters. The first-order valence-corrected chi connectivity index (χ1v) is 29.3. The van der Waals surface area contributed by atoms with Crippen molar-refractivity contribution in [2.24, 2.45) is 0 Å². The second-order valence-electron chi connectivity index (χ2n) is 22.5. The molecular formula is C70H66N6O6. The van der Waals surface area contributed by atoms with Crippen molar-refractivity contribution >= 4 is 87.0 Å². The normalized spacial score (nSPS) is 11.7. The summed E-state index contributed by atoms with van der Waals surface area (Å²) in [6.45, 7) is 10.7. The molecule has 0 aliphatic heterocycles. The van der Waals surface area contributed by atoms with Crippen LogP contribution in [-0.2, 0) is 6.54 Å². The van der Waals surface area contributed by atoms with Crippen molar-refractivity contribution in [3.8, 4) is 30.0 Å². The Morgan fingerprint density at radius 1 is 0.402 bits per heavy atom. The molecule has 0 bridgehead atoms. The number of nitrogens with zero attached hydrogens (tertiary/aromatic N) is 6. The lowest BCUT2D eigenvalue weighted by molar-refractivity contribution is 0.517. The van der Waals surface area contributed by atoms with Crippen molar-refractivity contribution in [1.29, 1.82) is 21.0 Å².